The second-order valence-corrected chi connectivity index (χ2v) is 9.71. The van der Waals surface area contributed by atoms with Crippen molar-refractivity contribution in [2.45, 2.75) is 39.2 Å². The number of rotatable bonds is 14. The summed E-state index contributed by atoms with van der Waals surface area (Å²) in [6.45, 7) is 9.51. The van der Waals surface area contributed by atoms with Gasteiger partial charge < -0.3 is 30.2 Å². The first kappa shape index (κ1) is 31.0. The SMILES string of the molecule is C=CC(=O)Nc1cccc(Nc2nc(Nc3ccc(OCCOCCCC(=O)OC(C)(C)C)c(F)c3)ncc2F)c1. The third kappa shape index (κ3) is 10.8. The number of benzene rings is 2. The van der Waals surface area contributed by atoms with Gasteiger partial charge in [0.05, 0.1) is 12.8 Å². The van der Waals surface area contributed by atoms with Crippen LogP contribution in [0.2, 0.25) is 0 Å². The number of hydrogen-bond acceptors (Lipinski definition) is 9. The zero-order valence-corrected chi connectivity index (χ0v) is 23.1. The van der Waals surface area contributed by atoms with Crippen LogP contribution in [0.3, 0.4) is 0 Å². The third-order valence-electron chi connectivity index (χ3n) is 5.09. The van der Waals surface area contributed by atoms with Crippen LogP contribution >= 0.6 is 0 Å². The van der Waals surface area contributed by atoms with E-state index in [0.717, 1.165) is 12.3 Å². The van der Waals surface area contributed by atoms with Crippen LogP contribution in [0.15, 0.2) is 61.3 Å². The number of nitrogens with zero attached hydrogens (tertiary/aromatic N) is 2. The summed E-state index contributed by atoms with van der Waals surface area (Å²) in [5.41, 5.74) is 0.749. The van der Waals surface area contributed by atoms with Crippen molar-refractivity contribution in [3.05, 3.63) is 73.0 Å². The van der Waals surface area contributed by atoms with E-state index < -0.39 is 17.2 Å². The van der Waals surface area contributed by atoms with Crippen molar-refractivity contribution in [1.82, 2.24) is 9.97 Å². The second kappa shape index (κ2) is 14.7. The van der Waals surface area contributed by atoms with Gasteiger partial charge in [-0.1, -0.05) is 12.6 Å². The molecule has 1 amide bonds. The van der Waals surface area contributed by atoms with E-state index in [4.69, 9.17) is 14.2 Å². The second-order valence-electron chi connectivity index (χ2n) is 9.71. The summed E-state index contributed by atoms with van der Waals surface area (Å²) in [4.78, 5) is 31.2. The largest absolute Gasteiger partial charge is 0.488 e. The third-order valence-corrected chi connectivity index (χ3v) is 5.09. The number of carbonyl (C=O) groups is 2. The zero-order valence-electron chi connectivity index (χ0n) is 23.1. The Balaban J connectivity index is 1.49. The zero-order chi connectivity index (χ0) is 29.8. The number of amides is 1. The van der Waals surface area contributed by atoms with E-state index >= 15 is 0 Å². The van der Waals surface area contributed by atoms with E-state index in [1.807, 2.05) is 20.8 Å². The number of ether oxygens (including phenoxy) is 3. The van der Waals surface area contributed by atoms with Crippen LogP contribution in [-0.2, 0) is 19.1 Å². The lowest BCUT2D eigenvalue weighted by molar-refractivity contribution is -0.155. The first-order valence-corrected chi connectivity index (χ1v) is 12.8. The summed E-state index contributed by atoms with van der Waals surface area (Å²) in [6.07, 6.45) is 2.87. The van der Waals surface area contributed by atoms with Crippen molar-refractivity contribution in [2.24, 2.45) is 0 Å². The lowest BCUT2D eigenvalue weighted by Gasteiger charge is -2.19. The molecule has 3 N–H and O–H groups in total. The minimum absolute atomic E-state index is 0.0258. The van der Waals surface area contributed by atoms with Crippen molar-refractivity contribution in [2.75, 3.05) is 35.8 Å². The Morgan fingerprint density at radius 1 is 0.976 bits per heavy atom. The molecule has 0 spiro atoms. The van der Waals surface area contributed by atoms with Gasteiger partial charge in [-0.25, -0.2) is 13.8 Å². The maximum Gasteiger partial charge on any atom is 0.306 e. The first-order chi connectivity index (χ1) is 19.5. The molecule has 2 aromatic carbocycles. The molecule has 41 heavy (non-hydrogen) atoms. The molecule has 0 bridgehead atoms. The van der Waals surface area contributed by atoms with Crippen molar-refractivity contribution < 1.29 is 32.6 Å². The maximum absolute atomic E-state index is 14.6. The normalized spacial score (nSPS) is 11.0. The van der Waals surface area contributed by atoms with Gasteiger partial charge in [-0.05, 0) is 63.6 Å². The summed E-state index contributed by atoms with van der Waals surface area (Å²) in [7, 11) is 0. The lowest BCUT2D eigenvalue weighted by Crippen LogP contribution is -2.23. The van der Waals surface area contributed by atoms with E-state index in [9.17, 15) is 18.4 Å². The Labute approximate surface area is 237 Å². The highest BCUT2D eigenvalue weighted by Crippen LogP contribution is 2.25. The van der Waals surface area contributed by atoms with Gasteiger partial charge in [0.25, 0.3) is 0 Å². The van der Waals surface area contributed by atoms with E-state index in [1.165, 1.54) is 12.1 Å². The Bertz CT molecular complexity index is 1360. The Kier molecular flexibility index (Phi) is 11.1. The standard InChI is InChI=1S/C29H33F2N5O5/c1-5-25(37)33-19-8-6-9-20(16-19)34-27-23(31)18-32-28(36-27)35-21-11-12-24(22(30)17-21)40-15-14-39-13-7-10-26(38)41-29(2,3)4/h5-6,8-9,11-12,16-18H,1,7,10,13-15H2,2-4H3,(H,33,37)(H2,32,34,35,36). The Hall–Kier alpha value is -4.58. The molecule has 3 rings (SSSR count). The number of aromatic nitrogens is 2. The van der Waals surface area contributed by atoms with Gasteiger partial charge in [0.15, 0.2) is 23.2 Å². The molecule has 1 heterocycles. The van der Waals surface area contributed by atoms with E-state index in [1.54, 1.807) is 30.3 Å². The number of halogens is 2. The number of hydrogen-bond donors (Lipinski definition) is 3. The molecule has 0 atom stereocenters. The molecule has 218 valence electrons. The van der Waals surface area contributed by atoms with E-state index in [0.29, 0.717) is 30.1 Å². The maximum atomic E-state index is 14.6. The molecule has 0 aliphatic heterocycles. The van der Waals surface area contributed by atoms with Gasteiger partial charge in [0, 0.05) is 36.2 Å². The van der Waals surface area contributed by atoms with Gasteiger partial charge in [-0.15, -0.1) is 0 Å². The number of anilines is 5. The van der Waals surface area contributed by atoms with Crippen LogP contribution in [0.25, 0.3) is 0 Å². The topological polar surface area (TPSA) is 124 Å². The summed E-state index contributed by atoms with van der Waals surface area (Å²) in [6, 6.07) is 10.8. The van der Waals surface area contributed by atoms with Gasteiger partial charge >= 0.3 is 5.97 Å². The minimum Gasteiger partial charge on any atom is -0.488 e. The fourth-order valence-electron chi connectivity index (χ4n) is 3.37. The van der Waals surface area contributed by atoms with Crippen LogP contribution < -0.4 is 20.7 Å². The van der Waals surface area contributed by atoms with Gasteiger partial charge in [0.1, 0.15) is 12.2 Å². The summed E-state index contributed by atoms with van der Waals surface area (Å²) in [5.74, 6) is -2.08. The Morgan fingerprint density at radius 2 is 1.73 bits per heavy atom. The molecule has 10 nitrogen and oxygen atoms in total. The average Bonchev–Trinajstić information content (AvgIpc) is 2.90. The molecule has 0 fully saturated rings. The highest BCUT2D eigenvalue weighted by Gasteiger charge is 2.15. The van der Waals surface area contributed by atoms with Gasteiger partial charge in [-0.2, -0.15) is 4.98 Å². The Morgan fingerprint density at radius 3 is 2.46 bits per heavy atom. The molecular formula is C29H33F2N5O5. The minimum atomic E-state index is -0.710. The molecular weight excluding hydrogens is 536 g/mol. The molecule has 12 heteroatoms. The number of nitrogens with one attached hydrogen (secondary N) is 3. The monoisotopic (exact) mass is 569 g/mol. The van der Waals surface area contributed by atoms with Crippen molar-refractivity contribution in [3.63, 3.8) is 0 Å². The van der Waals surface area contributed by atoms with Gasteiger partial charge in [0.2, 0.25) is 11.9 Å². The van der Waals surface area contributed by atoms with Crippen LogP contribution in [0, 0.1) is 11.6 Å². The van der Waals surface area contributed by atoms with Crippen LogP contribution in [0.5, 0.6) is 5.75 Å². The summed E-state index contributed by atoms with van der Waals surface area (Å²) < 4.78 is 45.1. The average molecular weight is 570 g/mol. The molecule has 0 unspecified atom stereocenters. The molecule has 0 saturated heterocycles. The van der Waals surface area contributed by atoms with Crippen LogP contribution in [0.4, 0.5) is 37.6 Å². The number of esters is 1. The highest BCUT2D eigenvalue weighted by molar-refractivity contribution is 5.99. The van der Waals surface area contributed by atoms with Crippen molar-refractivity contribution in [1.29, 1.82) is 0 Å². The van der Waals surface area contributed by atoms with Crippen LogP contribution in [-0.4, -0.2) is 47.3 Å². The predicted octanol–water partition coefficient (Wildman–Crippen LogP) is 5.88. The molecule has 0 aliphatic carbocycles. The number of carbonyl (C=O) groups excluding carboxylic acids is 2. The summed E-state index contributed by atoms with van der Waals surface area (Å²) in [5, 5.41) is 8.28. The quantitative estimate of drug-likeness (QED) is 0.124. The lowest BCUT2D eigenvalue weighted by atomic mass is 10.2. The van der Waals surface area contributed by atoms with Crippen molar-refractivity contribution in [3.8, 4) is 5.75 Å². The molecule has 1 aromatic heterocycles. The molecule has 3 aromatic rings. The fourth-order valence-corrected chi connectivity index (χ4v) is 3.37. The highest BCUT2D eigenvalue weighted by atomic mass is 19.1. The van der Waals surface area contributed by atoms with E-state index in [2.05, 4.69) is 32.5 Å². The van der Waals surface area contributed by atoms with Gasteiger partial charge in [-0.3, -0.25) is 9.59 Å². The predicted molar refractivity (Wildman–Crippen MR) is 152 cm³/mol. The smallest absolute Gasteiger partial charge is 0.306 e. The molecule has 0 radical (unpaired) electrons. The first-order valence-electron chi connectivity index (χ1n) is 12.8. The van der Waals surface area contributed by atoms with Crippen LogP contribution in [0.1, 0.15) is 33.6 Å². The summed E-state index contributed by atoms with van der Waals surface area (Å²) >= 11 is 0. The van der Waals surface area contributed by atoms with Crippen molar-refractivity contribution >= 4 is 40.7 Å². The van der Waals surface area contributed by atoms with E-state index in [-0.39, 0.29) is 49.0 Å². The fraction of sp³-hybridized carbons (Fsp3) is 0.310. The molecule has 0 aliphatic rings. The molecule has 0 saturated carbocycles.